The van der Waals surface area contributed by atoms with Crippen molar-refractivity contribution in [3.63, 3.8) is 0 Å². The molecular weight excluding hydrogens is 208 g/mol. The minimum Gasteiger partial charge on any atom is -0.328 e. The highest BCUT2D eigenvalue weighted by Crippen LogP contribution is 2.24. The van der Waals surface area contributed by atoms with Crippen LogP contribution in [0.5, 0.6) is 0 Å². The van der Waals surface area contributed by atoms with E-state index >= 15 is 0 Å². The molecule has 0 spiro atoms. The Bertz CT molecular complexity index is 209. The molecule has 2 heteroatoms. The molecule has 0 radical (unpaired) electrons. The van der Waals surface area contributed by atoms with E-state index in [1.54, 1.807) is 0 Å². The Kier molecular flexibility index (Phi) is 5.46. The summed E-state index contributed by atoms with van der Waals surface area (Å²) in [4.78, 5) is 2.66. The van der Waals surface area contributed by atoms with Gasteiger partial charge in [-0.2, -0.15) is 0 Å². The van der Waals surface area contributed by atoms with Crippen LogP contribution in [0.2, 0.25) is 0 Å². The van der Waals surface area contributed by atoms with Crippen molar-refractivity contribution >= 4 is 0 Å². The summed E-state index contributed by atoms with van der Waals surface area (Å²) in [5.41, 5.74) is 6.60. The second-order valence-corrected chi connectivity index (χ2v) is 7.18. The highest BCUT2D eigenvalue weighted by atomic mass is 15.2. The normalized spacial score (nSPS) is 29.3. The van der Waals surface area contributed by atoms with E-state index in [0.29, 0.717) is 11.5 Å². The number of nitrogens with two attached hydrogens (primary N) is 1. The fourth-order valence-corrected chi connectivity index (χ4v) is 3.12. The predicted octanol–water partition coefficient (Wildman–Crippen LogP) is 3.40. The predicted molar refractivity (Wildman–Crippen MR) is 76.1 cm³/mol. The lowest BCUT2D eigenvalue weighted by Crippen LogP contribution is -2.45. The molecule has 3 atom stereocenters. The standard InChI is InChI=1S/C15H32N2/c1-12-7-6-8-13(2)17(12)10-9-14(16)11-15(3,4)5/h12-14H,6-11,16H2,1-5H3. The zero-order chi connectivity index (χ0) is 13.1. The second-order valence-electron chi connectivity index (χ2n) is 7.18. The Balaban J connectivity index is 2.33. The maximum absolute atomic E-state index is 6.24. The molecule has 3 unspecified atom stereocenters. The first-order valence-corrected chi connectivity index (χ1v) is 7.31. The van der Waals surface area contributed by atoms with Crippen molar-refractivity contribution in [3.8, 4) is 0 Å². The molecular formula is C15H32N2. The molecule has 0 saturated carbocycles. The van der Waals surface area contributed by atoms with Gasteiger partial charge in [0.15, 0.2) is 0 Å². The smallest absolute Gasteiger partial charge is 0.00697 e. The van der Waals surface area contributed by atoms with Crippen LogP contribution in [0.3, 0.4) is 0 Å². The number of rotatable bonds is 4. The lowest BCUT2D eigenvalue weighted by atomic mass is 9.87. The highest BCUT2D eigenvalue weighted by molar-refractivity contribution is 4.81. The summed E-state index contributed by atoms with van der Waals surface area (Å²) in [6.45, 7) is 12.7. The van der Waals surface area contributed by atoms with Gasteiger partial charge in [-0.3, -0.25) is 4.90 Å². The summed E-state index contributed by atoms with van der Waals surface area (Å²) >= 11 is 0. The molecule has 1 aliphatic heterocycles. The number of nitrogens with zero attached hydrogens (tertiary/aromatic N) is 1. The molecule has 1 aliphatic rings. The topological polar surface area (TPSA) is 29.3 Å². The van der Waals surface area contributed by atoms with Crippen molar-refractivity contribution in [2.45, 2.75) is 84.8 Å². The molecule has 0 bridgehead atoms. The van der Waals surface area contributed by atoms with Crippen molar-refractivity contribution in [2.75, 3.05) is 6.54 Å². The minimum absolute atomic E-state index is 0.358. The fraction of sp³-hybridized carbons (Fsp3) is 1.00. The molecule has 2 N–H and O–H groups in total. The lowest BCUT2D eigenvalue weighted by Gasteiger charge is -2.39. The molecule has 1 heterocycles. The van der Waals surface area contributed by atoms with Crippen LogP contribution in [0.15, 0.2) is 0 Å². The molecule has 2 nitrogen and oxygen atoms in total. The minimum atomic E-state index is 0.358. The van der Waals surface area contributed by atoms with Crippen LogP contribution >= 0.6 is 0 Å². The Morgan fingerprint density at radius 3 is 2.18 bits per heavy atom. The van der Waals surface area contributed by atoms with Gasteiger partial charge < -0.3 is 5.73 Å². The molecule has 1 saturated heterocycles. The molecule has 0 aromatic carbocycles. The van der Waals surface area contributed by atoms with Crippen LogP contribution in [0, 0.1) is 5.41 Å². The van der Waals surface area contributed by atoms with E-state index < -0.39 is 0 Å². The van der Waals surface area contributed by atoms with E-state index in [1.807, 2.05) is 0 Å². The van der Waals surface area contributed by atoms with E-state index in [0.717, 1.165) is 24.9 Å². The molecule has 102 valence electrons. The van der Waals surface area contributed by atoms with Crippen molar-refractivity contribution in [3.05, 3.63) is 0 Å². The van der Waals surface area contributed by atoms with E-state index in [9.17, 15) is 0 Å². The summed E-state index contributed by atoms with van der Waals surface area (Å²) in [5, 5.41) is 0. The van der Waals surface area contributed by atoms with Crippen LogP contribution in [0.1, 0.15) is 66.7 Å². The summed E-state index contributed by atoms with van der Waals surface area (Å²) in [7, 11) is 0. The van der Waals surface area contributed by atoms with Crippen molar-refractivity contribution in [1.82, 2.24) is 4.90 Å². The van der Waals surface area contributed by atoms with Gasteiger partial charge in [-0.15, -0.1) is 0 Å². The second kappa shape index (κ2) is 6.19. The number of hydrogen-bond donors (Lipinski definition) is 1. The van der Waals surface area contributed by atoms with Crippen molar-refractivity contribution in [1.29, 1.82) is 0 Å². The molecule has 17 heavy (non-hydrogen) atoms. The fourth-order valence-electron chi connectivity index (χ4n) is 3.12. The summed E-state index contributed by atoms with van der Waals surface area (Å²) in [6, 6.07) is 1.86. The first-order chi connectivity index (χ1) is 7.79. The molecule has 1 rings (SSSR count). The summed E-state index contributed by atoms with van der Waals surface area (Å²) in [6.07, 6.45) is 6.39. The molecule has 1 fully saturated rings. The SMILES string of the molecule is CC1CCCC(C)N1CCC(N)CC(C)(C)C. The Morgan fingerprint density at radius 1 is 1.18 bits per heavy atom. The zero-order valence-corrected chi connectivity index (χ0v) is 12.5. The van der Waals surface area contributed by atoms with Crippen LogP contribution in [0.4, 0.5) is 0 Å². The van der Waals surface area contributed by atoms with Crippen LogP contribution in [-0.2, 0) is 0 Å². The summed E-state index contributed by atoms with van der Waals surface area (Å²) < 4.78 is 0. The van der Waals surface area contributed by atoms with Gasteiger partial charge in [-0.05, 0) is 44.9 Å². The van der Waals surface area contributed by atoms with Gasteiger partial charge in [-0.1, -0.05) is 27.2 Å². The summed E-state index contributed by atoms with van der Waals surface area (Å²) in [5.74, 6) is 0. The van der Waals surface area contributed by atoms with E-state index in [-0.39, 0.29) is 0 Å². The Hall–Kier alpha value is -0.0800. The maximum Gasteiger partial charge on any atom is 0.00697 e. The number of likely N-dealkylation sites (tertiary alicyclic amines) is 1. The van der Waals surface area contributed by atoms with Gasteiger partial charge in [0, 0.05) is 24.7 Å². The zero-order valence-electron chi connectivity index (χ0n) is 12.5. The highest BCUT2D eigenvalue weighted by Gasteiger charge is 2.25. The average Bonchev–Trinajstić information content (AvgIpc) is 2.14. The first kappa shape index (κ1) is 15.0. The van der Waals surface area contributed by atoms with Gasteiger partial charge in [0.25, 0.3) is 0 Å². The average molecular weight is 240 g/mol. The van der Waals surface area contributed by atoms with Crippen molar-refractivity contribution in [2.24, 2.45) is 11.1 Å². The van der Waals surface area contributed by atoms with Gasteiger partial charge in [0.1, 0.15) is 0 Å². The maximum atomic E-state index is 6.24. The monoisotopic (exact) mass is 240 g/mol. The lowest BCUT2D eigenvalue weighted by molar-refractivity contribution is 0.0978. The molecule has 0 aromatic rings. The third-order valence-electron chi connectivity index (χ3n) is 4.01. The largest absolute Gasteiger partial charge is 0.328 e. The molecule has 0 amide bonds. The van der Waals surface area contributed by atoms with Crippen molar-refractivity contribution < 1.29 is 0 Å². The van der Waals surface area contributed by atoms with Gasteiger partial charge in [-0.25, -0.2) is 0 Å². The quantitative estimate of drug-likeness (QED) is 0.816. The van der Waals surface area contributed by atoms with Gasteiger partial charge >= 0.3 is 0 Å². The van der Waals surface area contributed by atoms with Crippen LogP contribution < -0.4 is 5.73 Å². The Morgan fingerprint density at radius 2 is 1.71 bits per heavy atom. The number of hydrogen-bond acceptors (Lipinski definition) is 2. The van der Waals surface area contributed by atoms with E-state index in [4.69, 9.17) is 5.73 Å². The molecule has 0 aromatic heterocycles. The van der Waals surface area contributed by atoms with Gasteiger partial charge in [0.2, 0.25) is 0 Å². The number of piperidine rings is 1. The molecule has 0 aliphatic carbocycles. The van der Waals surface area contributed by atoms with Crippen LogP contribution in [0.25, 0.3) is 0 Å². The first-order valence-electron chi connectivity index (χ1n) is 7.31. The van der Waals surface area contributed by atoms with E-state index in [1.165, 1.54) is 25.8 Å². The Labute approximate surface area is 108 Å². The van der Waals surface area contributed by atoms with E-state index in [2.05, 4.69) is 39.5 Å². The third kappa shape index (κ3) is 5.39. The van der Waals surface area contributed by atoms with Crippen LogP contribution in [-0.4, -0.2) is 29.6 Å². The van der Waals surface area contributed by atoms with Gasteiger partial charge in [0.05, 0.1) is 0 Å². The third-order valence-corrected chi connectivity index (χ3v) is 4.01.